The number of likely N-dealkylation sites (tertiary alicyclic amines) is 1. The van der Waals surface area contributed by atoms with Gasteiger partial charge in [0.15, 0.2) is 0 Å². The number of carbonyl (C=O) groups excluding carboxylic acids is 1. The molecule has 0 aromatic carbocycles. The molecule has 1 saturated heterocycles. The SMILES string of the molecule is COCCOCCOCCOCCPCCC(=O)N1CCC(C)CC1. The van der Waals surface area contributed by atoms with E-state index < -0.39 is 0 Å². The predicted octanol–water partition coefficient (Wildman–Crippen LogP) is 2.01. The highest BCUT2D eigenvalue weighted by atomic mass is 31.1. The van der Waals surface area contributed by atoms with Gasteiger partial charge >= 0.3 is 0 Å². The second kappa shape index (κ2) is 16.0. The molecule has 6 nitrogen and oxygen atoms in total. The van der Waals surface area contributed by atoms with Gasteiger partial charge in [-0.15, -0.1) is 8.58 Å². The van der Waals surface area contributed by atoms with E-state index in [9.17, 15) is 4.79 Å². The van der Waals surface area contributed by atoms with Gasteiger partial charge in [-0.1, -0.05) is 6.92 Å². The van der Waals surface area contributed by atoms with Crippen molar-refractivity contribution in [3.8, 4) is 0 Å². The van der Waals surface area contributed by atoms with Crippen molar-refractivity contribution in [1.29, 1.82) is 0 Å². The molecular weight excluding hydrogens is 341 g/mol. The monoisotopic (exact) mass is 377 g/mol. The lowest BCUT2D eigenvalue weighted by Crippen LogP contribution is -2.38. The molecular formula is C18H36NO5P. The molecule has 1 aliphatic heterocycles. The van der Waals surface area contributed by atoms with E-state index in [1.807, 2.05) is 4.90 Å². The van der Waals surface area contributed by atoms with E-state index in [0.29, 0.717) is 52.0 Å². The van der Waals surface area contributed by atoms with Crippen LogP contribution in [-0.4, -0.2) is 89.6 Å². The topological polar surface area (TPSA) is 57.2 Å². The maximum atomic E-state index is 12.1. The molecule has 25 heavy (non-hydrogen) atoms. The van der Waals surface area contributed by atoms with Crippen LogP contribution in [0.25, 0.3) is 0 Å². The number of nitrogens with zero attached hydrogens (tertiary/aromatic N) is 1. The van der Waals surface area contributed by atoms with Crippen LogP contribution in [0.15, 0.2) is 0 Å². The number of methoxy groups -OCH3 is 1. The predicted molar refractivity (Wildman–Crippen MR) is 102 cm³/mol. The Morgan fingerprint density at radius 1 is 0.920 bits per heavy atom. The Morgan fingerprint density at radius 2 is 1.48 bits per heavy atom. The molecule has 1 unspecified atom stereocenters. The van der Waals surface area contributed by atoms with Gasteiger partial charge in [0, 0.05) is 26.6 Å². The van der Waals surface area contributed by atoms with Crippen molar-refractivity contribution in [2.75, 3.05) is 78.8 Å². The van der Waals surface area contributed by atoms with Crippen LogP contribution in [0.4, 0.5) is 0 Å². The summed E-state index contributed by atoms with van der Waals surface area (Å²) in [5.41, 5.74) is 0. The molecule has 0 aromatic rings. The molecule has 7 heteroatoms. The Hall–Kier alpha value is -0.260. The maximum Gasteiger partial charge on any atom is 0.222 e. The molecule has 0 bridgehead atoms. The highest BCUT2D eigenvalue weighted by molar-refractivity contribution is 7.38. The first-order valence-electron chi connectivity index (χ1n) is 9.44. The first-order valence-corrected chi connectivity index (χ1v) is 10.9. The van der Waals surface area contributed by atoms with E-state index in [1.165, 1.54) is 0 Å². The summed E-state index contributed by atoms with van der Waals surface area (Å²) in [7, 11) is 2.46. The summed E-state index contributed by atoms with van der Waals surface area (Å²) in [6.07, 6.45) is 5.03. The quantitative estimate of drug-likeness (QED) is 0.323. The second-order valence-electron chi connectivity index (χ2n) is 6.39. The number of carbonyl (C=O) groups is 1. The minimum Gasteiger partial charge on any atom is -0.382 e. The summed E-state index contributed by atoms with van der Waals surface area (Å²) >= 11 is 0. The van der Waals surface area contributed by atoms with Gasteiger partial charge in [-0.25, -0.2) is 0 Å². The molecule has 0 saturated carbocycles. The van der Waals surface area contributed by atoms with Gasteiger partial charge in [0.25, 0.3) is 0 Å². The van der Waals surface area contributed by atoms with E-state index in [2.05, 4.69) is 6.92 Å². The Labute approximate surface area is 154 Å². The molecule has 1 fully saturated rings. The zero-order valence-electron chi connectivity index (χ0n) is 16.0. The van der Waals surface area contributed by atoms with Crippen LogP contribution in [0, 0.1) is 5.92 Å². The summed E-state index contributed by atoms with van der Waals surface area (Å²) in [5, 5.41) is 0. The molecule has 1 rings (SSSR count). The van der Waals surface area contributed by atoms with E-state index in [1.54, 1.807) is 7.11 Å². The molecule has 1 heterocycles. The minimum absolute atomic E-state index is 0.335. The molecule has 1 atom stereocenters. The van der Waals surface area contributed by atoms with Gasteiger partial charge in [-0.2, -0.15) is 0 Å². The molecule has 0 aliphatic carbocycles. The third-order valence-electron chi connectivity index (χ3n) is 4.25. The lowest BCUT2D eigenvalue weighted by Gasteiger charge is -2.30. The van der Waals surface area contributed by atoms with Gasteiger partial charge < -0.3 is 23.8 Å². The third-order valence-corrected chi connectivity index (χ3v) is 5.41. The number of hydrogen-bond donors (Lipinski definition) is 0. The van der Waals surface area contributed by atoms with Crippen LogP contribution >= 0.6 is 8.58 Å². The van der Waals surface area contributed by atoms with Gasteiger partial charge in [-0.3, -0.25) is 4.79 Å². The summed E-state index contributed by atoms with van der Waals surface area (Å²) in [6, 6.07) is 0. The molecule has 0 aromatic heterocycles. The van der Waals surface area contributed by atoms with Gasteiger partial charge in [-0.05, 0) is 31.1 Å². The largest absolute Gasteiger partial charge is 0.382 e. The van der Waals surface area contributed by atoms with Crippen LogP contribution in [0.3, 0.4) is 0 Å². The number of rotatable bonds is 15. The highest BCUT2D eigenvalue weighted by Gasteiger charge is 2.19. The molecule has 0 spiro atoms. The Morgan fingerprint density at radius 3 is 2.08 bits per heavy atom. The fourth-order valence-corrected chi connectivity index (χ4v) is 3.49. The average Bonchev–Trinajstić information content (AvgIpc) is 2.62. The number of amides is 1. The molecule has 0 N–H and O–H groups in total. The Kier molecular flexibility index (Phi) is 14.5. The molecule has 148 valence electrons. The van der Waals surface area contributed by atoms with Gasteiger partial charge in [0.05, 0.1) is 46.2 Å². The van der Waals surface area contributed by atoms with Crippen molar-refractivity contribution in [1.82, 2.24) is 4.90 Å². The zero-order valence-corrected chi connectivity index (χ0v) is 17.0. The van der Waals surface area contributed by atoms with Crippen molar-refractivity contribution < 1.29 is 23.7 Å². The lowest BCUT2D eigenvalue weighted by atomic mass is 9.99. The van der Waals surface area contributed by atoms with Crippen LogP contribution in [0.1, 0.15) is 26.2 Å². The normalized spacial score (nSPS) is 16.2. The van der Waals surface area contributed by atoms with E-state index in [4.69, 9.17) is 18.9 Å². The first-order chi connectivity index (χ1) is 12.2. The van der Waals surface area contributed by atoms with Crippen molar-refractivity contribution >= 4 is 14.5 Å². The zero-order chi connectivity index (χ0) is 18.2. The molecule has 1 aliphatic rings. The van der Waals surface area contributed by atoms with E-state index in [0.717, 1.165) is 59.4 Å². The standard InChI is InChI=1S/C18H36NO5P/c1-17-3-6-19(7-4-17)18(20)5-15-25-16-14-24-13-12-23-11-10-22-9-8-21-2/h17,25H,3-16H2,1-2H3. The maximum absolute atomic E-state index is 12.1. The van der Waals surface area contributed by atoms with Crippen LogP contribution in [-0.2, 0) is 23.7 Å². The van der Waals surface area contributed by atoms with Crippen LogP contribution < -0.4 is 0 Å². The van der Waals surface area contributed by atoms with E-state index >= 15 is 0 Å². The second-order valence-corrected chi connectivity index (χ2v) is 7.89. The smallest absolute Gasteiger partial charge is 0.222 e. The van der Waals surface area contributed by atoms with Crippen LogP contribution in [0.5, 0.6) is 0 Å². The van der Waals surface area contributed by atoms with E-state index in [-0.39, 0.29) is 0 Å². The summed E-state index contributed by atoms with van der Waals surface area (Å²) in [4.78, 5) is 14.1. The molecule has 1 amide bonds. The van der Waals surface area contributed by atoms with Crippen molar-refractivity contribution in [3.05, 3.63) is 0 Å². The van der Waals surface area contributed by atoms with Crippen molar-refractivity contribution in [2.24, 2.45) is 5.92 Å². The number of ether oxygens (including phenoxy) is 4. The van der Waals surface area contributed by atoms with Crippen molar-refractivity contribution in [3.63, 3.8) is 0 Å². The highest BCUT2D eigenvalue weighted by Crippen LogP contribution is 2.18. The Balaban J connectivity index is 1.78. The summed E-state index contributed by atoms with van der Waals surface area (Å²) in [6.45, 7) is 8.54. The Bertz CT molecular complexity index is 325. The van der Waals surface area contributed by atoms with Crippen molar-refractivity contribution in [2.45, 2.75) is 26.2 Å². The fourth-order valence-electron chi connectivity index (χ4n) is 2.56. The number of hydrogen-bond acceptors (Lipinski definition) is 5. The lowest BCUT2D eigenvalue weighted by molar-refractivity contribution is -0.132. The van der Waals surface area contributed by atoms with Gasteiger partial charge in [0.1, 0.15) is 0 Å². The molecule has 0 radical (unpaired) electrons. The summed E-state index contributed by atoms with van der Waals surface area (Å²) < 4.78 is 21.1. The summed E-state index contributed by atoms with van der Waals surface area (Å²) in [5.74, 6) is 1.11. The minimum atomic E-state index is 0.335. The number of piperidine rings is 1. The van der Waals surface area contributed by atoms with Crippen LogP contribution in [0.2, 0.25) is 0 Å². The first kappa shape index (κ1) is 22.8. The van der Waals surface area contributed by atoms with Gasteiger partial charge in [0.2, 0.25) is 5.91 Å². The fraction of sp³-hybridized carbons (Fsp3) is 0.944. The average molecular weight is 377 g/mol. The third kappa shape index (κ3) is 12.7.